The Morgan fingerprint density at radius 1 is 1.21 bits per heavy atom. The third-order valence-electron chi connectivity index (χ3n) is 3.79. The number of nitro benzene ring substituents is 1. The van der Waals surface area contributed by atoms with Crippen molar-refractivity contribution < 1.29 is 9.72 Å². The predicted molar refractivity (Wildman–Crippen MR) is 118 cm³/mol. The number of rotatable bonds is 5. The summed E-state index contributed by atoms with van der Waals surface area (Å²) in [7, 11) is 1.82. The van der Waals surface area contributed by atoms with E-state index in [1.807, 2.05) is 17.0 Å². The van der Waals surface area contributed by atoms with Gasteiger partial charge in [-0.25, -0.2) is 4.99 Å². The van der Waals surface area contributed by atoms with Gasteiger partial charge in [0.2, 0.25) is 5.91 Å². The Balaban J connectivity index is 0.00000300. The van der Waals surface area contributed by atoms with Crippen molar-refractivity contribution in [2.24, 2.45) is 12.0 Å². The molecule has 0 atom stereocenters. The number of nitrogens with zero attached hydrogens (tertiary/aromatic N) is 3. The van der Waals surface area contributed by atoms with Gasteiger partial charge in [-0.3, -0.25) is 14.9 Å². The molecule has 3 aromatic rings. The highest BCUT2D eigenvalue weighted by Gasteiger charge is 2.10. The molecule has 3 rings (SSSR count). The number of amides is 1. The molecule has 1 amide bonds. The second-order valence-corrected chi connectivity index (χ2v) is 7.55. The Morgan fingerprint density at radius 2 is 1.83 bits per heavy atom. The molecule has 0 spiro atoms. The van der Waals surface area contributed by atoms with E-state index in [-0.39, 0.29) is 30.4 Å². The van der Waals surface area contributed by atoms with Crippen molar-refractivity contribution in [1.82, 2.24) is 4.57 Å². The van der Waals surface area contributed by atoms with Gasteiger partial charge >= 0.3 is 0 Å². The minimum Gasteiger partial charge on any atom is -0.326 e. The standard InChI is InChI=1S/C18H14Cl2N4O3S.ClH/c1-23-16(9-17(25)21-13-2-4-15(5-3-13)24(26)27)10-28-18(23)22-14-7-11(19)6-12(20)8-14;/h2-8,10H,9H2,1H3,(H,21,25);1H/b22-18+;. The Bertz CT molecular complexity index is 1090. The fourth-order valence-corrected chi connectivity index (χ4v) is 3.84. The van der Waals surface area contributed by atoms with E-state index in [1.54, 1.807) is 18.2 Å². The van der Waals surface area contributed by atoms with Crippen LogP contribution in [0.5, 0.6) is 0 Å². The fourth-order valence-electron chi connectivity index (χ4n) is 2.41. The Kier molecular flexibility index (Phi) is 7.80. The number of thiazole rings is 1. The lowest BCUT2D eigenvalue weighted by Crippen LogP contribution is -2.19. The van der Waals surface area contributed by atoms with Crippen molar-refractivity contribution in [2.75, 3.05) is 5.32 Å². The summed E-state index contributed by atoms with van der Waals surface area (Å²) >= 11 is 13.4. The summed E-state index contributed by atoms with van der Waals surface area (Å²) in [6.45, 7) is 0. The number of halogens is 3. The molecule has 0 saturated carbocycles. The van der Waals surface area contributed by atoms with Crippen LogP contribution in [-0.2, 0) is 18.3 Å². The number of carbonyl (C=O) groups excluding carboxylic acids is 1. The van der Waals surface area contributed by atoms with Gasteiger partial charge in [-0.2, -0.15) is 0 Å². The van der Waals surface area contributed by atoms with Crippen LogP contribution in [0.2, 0.25) is 10.0 Å². The maximum atomic E-state index is 12.3. The highest BCUT2D eigenvalue weighted by atomic mass is 35.5. The van der Waals surface area contributed by atoms with E-state index in [2.05, 4.69) is 10.3 Å². The lowest BCUT2D eigenvalue weighted by atomic mass is 10.2. The summed E-state index contributed by atoms with van der Waals surface area (Å²) in [5.41, 5.74) is 1.86. The first-order valence-electron chi connectivity index (χ1n) is 8.00. The zero-order valence-electron chi connectivity index (χ0n) is 15.0. The normalized spacial score (nSPS) is 11.1. The molecule has 11 heteroatoms. The lowest BCUT2D eigenvalue weighted by Gasteiger charge is -2.06. The maximum absolute atomic E-state index is 12.3. The smallest absolute Gasteiger partial charge is 0.269 e. The van der Waals surface area contributed by atoms with Gasteiger partial charge in [-0.1, -0.05) is 23.2 Å². The van der Waals surface area contributed by atoms with E-state index in [0.29, 0.717) is 26.2 Å². The molecule has 0 radical (unpaired) electrons. The molecule has 0 unspecified atom stereocenters. The summed E-state index contributed by atoms with van der Waals surface area (Å²) in [4.78, 5) is 27.7. The van der Waals surface area contributed by atoms with Crippen LogP contribution in [0.3, 0.4) is 0 Å². The van der Waals surface area contributed by atoms with E-state index < -0.39 is 4.92 Å². The van der Waals surface area contributed by atoms with Crippen molar-refractivity contribution >= 4 is 69.9 Å². The Hall–Kier alpha value is -2.39. The first kappa shape index (κ1) is 22.9. The van der Waals surface area contributed by atoms with E-state index in [1.165, 1.54) is 35.6 Å². The number of anilines is 1. The molecule has 1 aromatic heterocycles. The van der Waals surface area contributed by atoms with E-state index in [0.717, 1.165) is 5.69 Å². The van der Waals surface area contributed by atoms with Gasteiger partial charge in [0, 0.05) is 46.0 Å². The first-order chi connectivity index (χ1) is 13.3. The second-order valence-electron chi connectivity index (χ2n) is 5.84. The first-order valence-corrected chi connectivity index (χ1v) is 9.64. The Labute approximate surface area is 186 Å². The van der Waals surface area contributed by atoms with Gasteiger partial charge in [0.15, 0.2) is 4.80 Å². The van der Waals surface area contributed by atoms with Gasteiger partial charge in [0.05, 0.1) is 17.0 Å². The SMILES string of the molecule is Cl.Cn1c(CC(=O)Nc2ccc([N+](=O)[O-])cc2)cs/c1=N/c1cc(Cl)cc(Cl)c1. The van der Waals surface area contributed by atoms with Gasteiger partial charge in [-0.05, 0) is 30.3 Å². The largest absolute Gasteiger partial charge is 0.326 e. The van der Waals surface area contributed by atoms with Crippen LogP contribution in [-0.4, -0.2) is 15.4 Å². The number of benzene rings is 2. The zero-order valence-corrected chi connectivity index (χ0v) is 18.1. The summed E-state index contributed by atoms with van der Waals surface area (Å²) < 4.78 is 1.81. The van der Waals surface area contributed by atoms with E-state index >= 15 is 0 Å². The highest BCUT2D eigenvalue weighted by Crippen LogP contribution is 2.24. The van der Waals surface area contributed by atoms with Crippen molar-refractivity contribution in [3.63, 3.8) is 0 Å². The molecule has 7 nitrogen and oxygen atoms in total. The van der Waals surface area contributed by atoms with Crippen LogP contribution in [0.1, 0.15) is 5.69 Å². The van der Waals surface area contributed by atoms with E-state index in [9.17, 15) is 14.9 Å². The van der Waals surface area contributed by atoms with Crippen molar-refractivity contribution in [3.8, 4) is 0 Å². The second kappa shape index (κ2) is 9.89. The number of nitro groups is 1. The molecule has 0 saturated heterocycles. The molecule has 0 fully saturated rings. The fraction of sp³-hybridized carbons (Fsp3) is 0.111. The molecular weight excluding hydrogens is 459 g/mol. The van der Waals surface area contributed by atoms with Crippen molar-refractivity contribution in [1.29, 1.82) is 0 Å². The number of nitrogens with one attached hydrogen (secondary N) is 1. The molecule has 152 valence electrons. The third-order valence-corrected chi connectivity index (χ3v) is 5.20. The Morgan fingerprint density at radius 3 is 2.41 bits per heavy atom. The molecule has 2 aromatic carbocycles. The van der Waals surface area contributed by atoms with Crippen LogP contribution in [0.15, 0.2) is 52.8 Å². The molecule has 0 bridgehead atoms. The average Bonchev–Trinajstić information content (AvgIpc) is 2.94. The lowest BCUT2D eigenvalue weighted by molar-refractivity contribution is -0.384. The maximum Gasteiger partial charge on any atom is 0.269 e. The number of hydrogen-bond donors (Lipinski definition) is 1. The number of hydrogen-bond acceptors (Lipinski definition) is 5. The predicted octanol–water partition coefficient (Wildman–Crippen LogP) is 5.14. The zero-order chi connectivity index (χ0) is 20.3. The highest BCUT2D eigenvalue weighted by molar-refractivity contribution is 7.07. The topological polar surface area (TPSA) is 89.5 Å². The van der Waals surface area contributed by atoms with Crippen LogP contribution in [0, 0.1) is 10.1 Å². The van der Waals surface area contributed by atoms with Gasteiger partial charge in [0.1, 0.15) is 0 Å². The molecular formula is C18H15Cl3N4O3S. The van der Waals surface area contributed by atoms with Crippen LogP contribution in [0.25, 0.3) is 0 Å². The van der Waals surface area contributed by atoms with E-state index in [4.69, 9.17) is 23.2 Å². The molecule has 1 N–H and O–H groups in total. The van der Waals surface area contributed by atoms with Crippen molar-refractivity contribution in [3.05, 3.63) is 78.5 Å². The summed E-state index contributed by atoms with van der Waals surface area (Å²) in [5.74, 6) is -0.236. The minimum atomic E-state index is -0.491. The van der Waals surface area contributed by atoms with Gasteiger partial charge in [0.25, 0.3) is 5.69 Å². The molecule has 0 aliphatic heterocycles. The van der Waals surface area contributed by atoms with Crippen LogP contribution >= 0.6 is 46.9 Å². The van der Waals surface area contributed by atoms with Gasteiger partial charge < -0.3 is 9.88 Å². The average molecular weight is 474 g/mol. The summed E-state index contributed by atoms with van der Waals surface area (Å²) in [5, 5.41) is 16.2. The minimum absolute atomic E-state index is 0. The number of non-ortho nitro benzene ring substituents is 1. The summed E-state index contributed by atoms with van der Waals surface area (Å²) in [6.07, 6.45) is 0.135. The molecule has 0 aliphatic carbocycles. The number of carbonyl (C=O) groups is 1. The summed E-state index contributed by atoms with van der Waals surface area (Å²) in [6, 6.07) is 10.7. The van der Waals surface area contributed by atoms with Gasteiger partial charge in [-0.15, -0.1) is 23.7 Å². The van der Waals surface area contributed by atoms with Crippen LogP contribution in [0.4, 0.5) is 17.1 Å². The van der Waals surface area contributed by atoms with Crippen LogP contribution < -0.4 is 10.1 Å². The molecule has 29 heavy (non-hydrogen) atoms. The monoisotopic (exact) mass is 472 g/mol. The molecule has 0 aliphatic rings. The third kappa shape index (κ3) is 6.04. The quantitative estimate of drug-likeness (QED) is 0.411. The molecule has 1 heterocycles. The van der Waals surface area contributed by atoms with Crippen molar-refractivity contribution in [2.45, 2.75) is 6.42 Å². The number of aromatic nitrogens is 1.